The van der Waals surface area contributed by atoms with Gasteiger partial charge in [0, 0.05) is 65.8 Å². The maximum atomic E-state index is 15.3. The molecule has 5 heterocycles. The molecule has 13 heteroatoms. The molecule has 3 aliphatic heterocycles. The SMILES string of the molecule is O=NC(=O)c1cc2c(s1)-c1c(ccc(F)c1F)N(C(=O)c1ccc(NC(=O)c3cccnc3N3CC4(CCOCC4)C3)cc1)CC2. The van der Waals surface area contributed by atoms with Gasteiger partial charge < -0.3 is 19.9 Å². The van der Waals surface area contributed by atoms with Crippen molar-refractivity contribution in [2.45, 2.75) is 19.3 Å². The van der Waals surface area contributed by atoms with Crippen LogP contribution in [0.2, 0.25) is 0 Å². The number of benzene rings is 2. The first-order valence-electron chi connectivity index (χ1n) is 14.8. The molecule has 46 heavy (non-hydrogen) atoms. The van der Waals surface area contributed by atoms with Crippen LogP contribution >= 0.6 is 11.3 Å². The number of amides is 3. The summed E-state index contributed by atoms with van der Waals surface area (Å²) in [7, 11) is 0. The molecule has 1 spiro atoms. The highest BCUT2D eigenvalue weighted by molar-refractivity contribution is 7.17. The van der Waals surface area contributed by atoms with Crippen LogP contribution in [0, 0.1) is 22.0 Å². The monoisotopic (exact) mass is 643 g/mol. The highest BCUT2D eigenvalue weighted by Crippen LogP contribution is 2.45. The molecule has 0 aliphatic carbocycles. The minimum atomic E-state index is -1.16. The van der Waals surface area contributed by atoms with E-state index in [-0.39, 0.29) is 50.9 Å². The molecule has 3 amide bonds. The molecule has 3 aliphatic rings. The predicted octanol–water partition coefficient (Wildman–Crippen LogP) is 6.07. The van der Waals surface area contributed by atoms with E-state index in [0.717, 1.165) is 56.5 Å². The van der Waals surface area contributed by atoms with E-state index in [1.807, 2.05) is 0 Å². The Hall–Kier alpha value is -4.88. The first-order valence-corrected chi connectivity index (χ1v) is 15.6. The Labute approximate surface area is 266 Å². The van der Waals surface area contributed by atoms with Crippen molar-refractivity contribution in [1.82, 2.24) is 4.98 Å². The maximum absolute atomic E-state index is 15.3. The Morgan fingerprint density at radius 3 is 2.52 bits per heavy atom. The van der Waals surface area contributed by atoms with Gasteiger partial charge in [-0.25, -0.2) is 13.8 Å². The quantitative estimate of drug-likeness (QED) is 0.262. The average molecular weight is 644 g/mol. The lowest BCUT2D eigenvalue weighted by Gasteiger charge is -2.53. The molecule has 10 nitrogen and oxygen atoms in total. The fraction of sp³-hybridized carbons (Fsp3) is 0.273. The lowest BCUT2D eigenvalue weighted by molar-refractivity contribution is -0.000510. The summed E-state index contributed by atoms with van der Waals surface area (Å²) in [5.41, 5.74) is 1.88. The molecule has 0 unspecified atom stereocenters. The summed E-state index contributed by atoms with van der Waals surface area (Å²) < 4.78 is 35.2. The normalized spacial score (nSPS) is 16.6. The molecule has 4 aromatic rings. The van der Waals surface area contributed by atoms with Gasteiger partial charge in [0.05, 0.1) is 21.7 Å². The number of ether oxygens (including phenoxy) is 1. The zero-order chi connectivity index (χ0) is 32.0. The van der Waals surface area contributed by atoms with Crippen molar-refractivity contribution in [1.29, 1.82) is 0 Å². The van der Waals surface area contributed by atoms with E-state index < -0.39 is 23.4 Å². The van der Waals surface area contributed by atoms with Crippen molar-refractivity contribution in [2.24, 2.45) is 10.6 Å². The van der Waals surface area contributed by atoms with Crippen LogP contribution in [0.5, 0.6) is 0 Å². The number of pyridine rings is 1. The number of halogens is 2. The van der Waals surface area contributed by atoms with E-state index >= 15 is 4.39 Å². The Morgan fingerprint density at radius 2 is 1.78 bits per heavy atom. The van der Waals surface area contributed by atoms with Gasteiger partial charge >= 0.3 is 5.91 Å². The Morgan fingerprint density at radius 1 is 1.02 bits per heavy atom. The van der Waals surface area contributed by atoms with Crippen LogP contribution in [0.25, 0.3) is 10.4 Å². The number of anilines is 3. The number of carbonyl (C=O) groups excluding carboxylic acids is 3. The molecule has 7 rings (SSSR count). The zero-order valence-corrected chi connectivity index (χ0v) is 25.2. The Kier molecular flexibility index (Phi) is 7.65. The molecule has 234 valence electrons. The van der Waals surface area contributed by atoms with Gasteiger partial charge in [-0.15, -0.1) is 16.2 Å². The fourth-order valence-corrected chi connectivity index (χ4v) is 7.57. The van der Waals surface area contributed by atoms with Crippen molar-refractivity contribution >= 4 is 46.3 Å². The predicted molar refractivity (Wildman–Crippen MR) is 169 cm³/mol. The first kappa shape index (κ1) is 29.8. The van der Waals surface area contributed by atoms with Crippen LogP contribution in [0.15, 0.2) is 66.0 Å². The molecule has 0 saturated carbocycles. The summed E-state index contributed by atoms with van der Waals surface area (Å²) in [4.78, 5) is 58.0. The molecular formula is C33H27F2N5O5S. The molecule has 0 radical (unpaired) electrons. The molecule has 0 bridgehead atoms. The highest BCUT2D eigenvalue weighted by Gasteiger charge is 2.45. The number of aromatic nitrogens is 1. The smallest absolute Gasteiger partial charge is 0.326 e. The lowest BCUT2D eigenvalue weighted by Crippen LogP contribution is -2.59. The molecule has 2 fully saturated rings. The second-order valence-electron chi connectivity index (χ2n) is 11.7. The lowest BCUT2D eigenvalue weighted by atomic mass is 9.73. The summed E-state index contributed by atoms with van der Waals surface area (Å²) in [6.45, 7) is 3.25. The van der Waals surface area contributed by atoms with E-state index in [1.165, 1.54) is 17.0 Å². The Balaban J connectivity index is 1.09. The van der Waals surface area contributed by atoms with E-state index in [0.29, 0.717) is 22.6 Å². The summed E-state index contributed by atoms with van der Waals surface area (Å²) in [6.07, 6.45) is 3.89. The summed E-state index contributed by atoms with van der Waals surface area (Å²) in [5, 5.41) is 5.32. The summed E-state index contributed by atoms with van der Waals surface area (Å²) >= 11 is 0.835. The van der Waals surface area contributed by atoms with Gasteiger partial charge in [0.15, 0.2) is 11.6 Å². The number of nitrogens with one attached hydrogen (secondary N) is 1. The van der Waals surface area contributed by atoms with E-state index in [9.17, 15) is 23.7 Å². The van der Waals surface area contributed by atoms with Crippen LogP contribution in [-0.4, -0.2) is 55.6 Å². The first-order chi connectivity index (χ1) is 22.3. The van der Waals surface area contributed by atoms with E-state index in [4.69, 9.17) is 4.74 Å². The van der Waals surface area contributed by atoms with Crippen molar-refractivity contribution in [3.8, 4) is 10.4 Å². The number of rotatable bonds is 5. The highest BCUT2D eigenvalue weighted by atomic mass is 32.1. The standard InChI is InChI=1S/C33H27F2N5O5S/c34-23-7-8-24-26(27(23)35)28-20(16-25(46-28)31(42)38-44)9-13-40(24)32(43)19-3-5-21(6-4-19)37-30(41)22-2-1-12-36-29(22)39-17-33(18-39)10-14-45-15-11-33/h1-8,12,16H,9-11,13-15,17-18H2,(H,37,41). The molecule has 2 aromatic carbocycles. The molecule has 0 atom stereocenters. The van der Waals surface area contributed by atoms with Gasteiger partial charge in [-0.3, -0.25) is 14.4 Å². The van der Waals surface area contributed by atoms with Crippen molar-refractivity contribution in [3.63, 3.8) is 0 Å². The van der Waals surface area contributed by atoms with Gasteiger partial charge in [0.25, 0.3) is 11.8 Å². The maximum Gasteiger partial charge on any atom is 0.326 e. The third-order valence-electron chi connectivity index (χ3n) is 8.87. The number of fused-ring (bicyclic) bond motifs is 3. The average Bonchev–Trinajstić information content (AvgIpc) is 3.42. The number of carbonyl (C=O) groups is 3. The van der Waals surface area contributed by atoms with Gasteiger partial charge in [0.1, 0.15) is 5.82 Å². The van der Waals surface area contributed by atoms with Crippen LogP contribution in [0.1, 0.15) is 48.8 Å². The van der Waals surface area contributed by atoms with Gasteiger partial charge in [-0.05, 0) is 79.4 Å². The van der Waals surface area contributed by atoms with Crippen LogP contribution in [0.4, 0.5) is 26.0 Å². The van der Waals surface area contributed by atoms with Crippen molar-refractivity contribution in [3.05, 3.63) is 98.9 Å². The van der Waals surface area contributed by atoms with Crippen molar-refractivity contribution < 1.29 is 27.9 Å². The van der Waals surface area contributed by atoms with Crippen LogP contribution < -0.4 is 15.1 Å². The fourth-order valence-electron chi connectivity index (χ4n) is 6.43. The van der Waals surface area contributed by atoms with Crippen molar-refractivity contribution in [2.75, 3.05) is 48.0 Å². The molecule has 1 N–H and O–H groups in total. The molecule has 2 aromatic heterocycles. The van der Waals surface area contributed by atoms with E-state index in [2.05, 4.69) is 20.4 Å². The number of nitrogens with zero attached hydrogens (tertiary/aromatic N) is 4. The van der Waals surface area contributed by atoms with E-state index in [1.54, 1.807) is 42.6 Å². The van der Waals surface area contributed by atoms with Gasteiger partial charge in [-0.2, -0.15) is 0 Å². The summed E-state index contributed by atoms with van der Waals surface area (Å²) in [5.74, 6) is -3.43. The Bertz CT molecular complexity index is 1880. The zero-order valence-electron chi connectivity index (χ0n) is 24.4. The largest absolute Gasteiger partial charge is 0.381 e. The second kappa shape index (κ2) is 11.8. The minimum Gasteiger partial charge on any atom is -0.381 e. The van der Waals surface area contributed by atoms with Crippen LogP contribution in [-0.2, 0) is 11.2 Å². The number of thiophene rings is 1. The number of hydrogen-bond acceptors (Lipinski definition) is 8. The molecule has 2 saturated heterocycles. The third-order valence-corrected chi connectivity index (χ3v) is 10.1. The second-order valence-corrected chi connectivity index (χ2v) is 12.8. The molecular weight excluding hydrogens is 616 g/mol. The number of nitroso groups, excluding NO2 is 1. The minimum absolute atomic E-state index is 0.0125. The van der Waals surface area contributed by atoms with Gasteiger partial charge in [-0.1, -0.05) is 0 Å². The number of hydrogen-bond donors (Lipinski definition) is 1. The summed E-state index contributed by atoms with van der Waals surface area (Å²) in [6, 6.07) is 13.5. The topological polar surface area (TPSA) is 121 Å². The van der Waals surface area contributed by atoms with Crippen LogP contribution in [0.3, 0.4) is 0 Å². The van der Waals surface area contributed by atoms with Gasteiger partial charge in [0.2, 0.25) is 0 Å². The third kappa shape index (κ3) is 5.24.